The molecule has 370 valence electrons. The van der Waals surface area contributed by atoms with Crippen molar-refractivity contribution in [3.05, 3.63) is 36.5 Å². The van der Waals surface area contributed by atoms with Gasteiger partial charge >= 0.3 is 5.97 Å². The first-order valence-corrected chi connectivity index (χ1v) is 27.8. The normalized spacial score (nSPS) is 12.9. The summed E-state index contributed by atoms with van der Waals surface area (Å²) in [5.74, 6) is -0.110. The molecule has 0 aliphatic rings. The number of hydrogen-bond acceptors (Lipinski definition) is 5. The van der Waals surface area contributed by atoms with Crippen LogP contribution in [0.15, 0.2) is 36.5 Å². The zero-order chi connectivity index (χ0) is 45.8. The van der Waals surface area contributed by atoms with Gasteiger partial charge in [-0.1, -0.05) is 249 Å². The molecule has 0 saturated heterocycles. The van der Waals surface area contributed by atoms with Gasteiger partial charge in [0.2, 0.25) is 5.91 Å². The van der Waals surface area contributed by atoms with Gasteiger partial charge in [0.05, 0.1) is 25.4 Å². The van der Waals surface area contributed by atoms with Crippen LogP contribution >= 0.6 is 0 Å². The second-order valence-corrected chi connectivity index (χ2v) is 18.9. The van der Waals surface area contributed by atoms with Crippen molar-refractivity contribution in [2.24, 2.45) is 0 Å². The summed E-state index contributed by atoms with van der Waals surface area (Å²) in [5, 5.41) is 23.1. The Kier molecular flexibility index (Phi) is 51.1. The third-order valence-corrected chi connectivity index (χ3v) is 12.7. The van der Waals surface area contributed by atoms with E-state index in [1.807, 2.05) is 6.08 Å². The van der Waals surface area contributed by atoms with E-state index in [9.17, 15) is 19.8 Å². The van der Waals surface area contributed by atoms with Crippen LogP contribution in [0.4, 0.5) is 0 Å². The van der Waals surface area contributed by atoms with Crippen LogP contribution in [0.5, 0.6) is 0 Å². The maximum Gasteiger partial charge on any atom is 0.305 e. The van der Waals surface area contributed by atoms with Crippen LogP contribution in [0.1, 0.15) is 290 Å². The van der Waals surface area contributed by atoms with Gasteiger partial charge in [-0.15, -0.1) is 0 Å². The van der Waals surface area contributed by atoms with Crippen LogP contribution in [0.3, 0.4) is 0 Å². The molecule has 0 aromatic carbocycles. The fourth-order valence-electron chi connectivity index (χ4n) is 8.39. The van der Waals surface area contributed by atoms with Gasteiger partial charge in [0.15, 0.2) is 0 Å². The number of allylic oxidation sites excluding steroid dienone is 5. The molecule has 0 aromatic heterocycles. The summed E-state index contributed by atoms with van der Waals surface area (Å²) in [4.78, 5) is 24.5. The number of unbranched alkanes of at least 4 members (excludes halogenated alkanes) is 37. The summed E-state index contributed by atoms with van der Waals surface area (Å²) >= 11 is 0. The predicted molar refractivity (Wildman–Crippen MR) is 273 cm³/mol. The lowest BCUT2D eigenvalue weighted by Crippen LogP contribution is -2.45. The maximum atomic E-state index is 12.4. The highest BCUT2D eigenvalue weighted by Gasteiger charge is 2.18. The number of aliphatic hydroxyl groups is 2. The van der Waals surface area contributed by atoms with Crippen LogP contribution in [0.25, 0.3) is 0 Å². The molecule has 0 aromatic rings. The van der Waals surface area contributed by atoms with Gasteiger partial charge in [0.25, 0.3) is 0 Å². The number of carbonyl (C=O) groups excluding carboxylic acids is 2. The van der Waals surface area contributed by atoms with Gasteiger partial charge in [0, 0.05) is 12.8 Å². The summed E-state index contributed by atoms with van der Waals surface area (Å²) in [7, 11) is 0. The molecule has 6 nitrogen and oxygen atoms in total. The van der Waals surface area contributed by atoms with Gasteiger partial charge in [-0.05, 0) is 64.2 Å². The zero-order valence-corrected chi connectivity index (χ0v) is 42.1. The Balaban J connectivity index is 3.54. The van der Waals surface area contributed by atoms with E-state index in [-0.39, 0.29) is 18.5 Å². The summed E-state index contributed by atoms with van der Waals surface area (Å²) in [6.07, 6.45) is 64.4. The Bertz CT molecular complexity index is 1020. The fourth-order valence-corrected chi connectivity index (χ4v) is 8.39. The van der Waals surface area contributed by atoms with Crippen molar-refractivity contribution in [2.75, 3.05) is 13.2 Å². The molecule has 3 N–H and O–H groups in total. The minimum absolute atomic E-state index is 0.0197. The SMILES string of the molecule is CCCCCCCCCCCCCCC/C=C/C(O)C(CO)NC(=O)CCCCCCCC/C=C\C=C/CCCCCOC(=O)CCCCCCCCCCCCCCCCCC. The maximum absolute atomic E-state index is 12.4. The van der Waals surface area contributed by atoms with Crippen molar-refractivity contribution in [2.45, 2.75) is 302 Å². The molecule has 0 heterocycles. The van der Waals surface area contributed by atoms with E-state index in [2.05, 4.69) is 43.5 Å². The summed E-state index contributed by atoms with van der Waals surface area (Å²) in [5.41, 5.74) is 0. The molecular weight excluding hydrogens is 779 g/mol. The number of nitrogens with one attached hydrogen (secondary N) is 1. The molecule has 0 saturated carbocycles. The van der Waals surface area contributed by atoms with E-state index in [0.29, 0.717) is 19.4 Å². The van der Waals surface area contributed by atoms with Crippen molar-refractivity contribution in [1.82, 2.24) is 5.32 Å². The van der Waals surface area contributed by atoms with E-state index in [0.717, 1.165) is 77.0 Å². The second kappa shape index (κ2) is 52.7. The Morgan fingerprint density at radius 2 is 0.778 bits per heavy atom. The smallest absolute Gasteiger partial charge is 0.305 e. The van der Waals surface area contributed by atoms with Crippen LogP contribution in [-0.4, -0.2) is 47.4 Å². The fraction of sp³-hybridized carbons (Fsp3) is 0.860. The molecule has 0 aliphatic carbocycles. The largest absolute Gasteiger partial charge is 0.466 e. The lowest BCUT2D eigenvalue weighted by atomic mass is 10.0. The predicted octanol–water partition coefficient (Wildman–Crippen LogP) is 16.9. The van der Waals surface area contributed by atoms with Crippen molar-refractivity contribution in [3.8, 4) is 0 Å². The molecule has 0 spiro atoms. The van der Waals surface area contributed by atoms with E-state index in [1.165, 1.54) is 186 Å². The van der Waals surface area contributed by atoms with Crippen molar-refractivity contribution in [3.63, 3.8) is 0 Å². The van der Waals surface area contributed by atoms with Gasteiger partial charge in [-0.25, -0.2) is 0 Å². The first-order valence-electron chi connectivity index (χ1n) is 27.8. The quantitative estimate of drug-likeness (QED) is 0.0245. The molecule has 2 unspecified atom stereocenters. The highest BCUT2D eigenvalue weighted by atomic mass is 16.5. The van der Waals surface area contributed by atoms with Crippen LogP contribution in [-0.2, 0) is 14.3 Å². The number of esters is 1. The molecule has 0 rings (SSSR count). The molecule has 0 aliphatic heterocycles. The minimum Gasteiger partial charge on any atom is -0.466 e. The van der Waals surface area contributed by atoms with Crippen LogP contribution in [0, 0.1) is 0 Å². The minimum atomic E-state index is -0.858. The first kappa shape index (κ1) is 61.1. The van der Waals surface area contributed by atoms with Gasteiger partial charge in [-0.3, -0.25) is 9.59 Å². The lowest BCUT2D eigenvalue weighted by Gasteiger charge is -2.20. The Hall–Kier alpha value is -1.92. The molecule has 63 heavy (non-hydrogen) atoms. The third kappa shape index (κ3) is 49.4. The Morgan fingerprint density at radius 3 is 1.17 bits per heavy atom. The summed E-state index contributed by atoms with van der Waals surface area (Å²) in [6, 6.07) is -0.644. The molecule has 1 amide bonds. The molecule has 0 radical (unpaired) electrons. The molecule has 0 bridgehead atoms. The summed E-state index contributed by atoms with van der Waals surface area (Å²) in [6.45, 7) is 4.85. The van der Waals surface area contributed by atoms with Crippen molar-refractivity contribution < 1.29 is 24.5 Å². The average molecular weight is 886 g/mol. The lowest BCUT2D eigenvalue weighted by molar-refractivity contribution is -0.143. The number of hydrogen-bond donors (Lipinski definition) is 3. The molecule has 0 fully saturated rings. The topological polar surface area (TPSA) is 95.9 Å². The van der Waals surface area contributed by atoms with Crippen LogP contribution < -0.4 is 5.32 Å². The second-order valence-electron chi connectivity index (χ2n) is 18.9. The highest BCUT2D eigenvalue weighted by molar-refractivity contribution is 5.76. The van der Waals surface area contributed by atoms with Gasteiger partial charge < -0.3 is 20.3 Å². The van der Waals surface area contributed by atoms with E-state index in [1.54, 1.807) is 6.08 Å². The van der Waals surface area contributed by atoms with Crippen molar-refractivity contribution >= 4 is 11.9 Å². The van der Waals surface area contributed by atoms with Gasteiger partial charge in [0.1, 0.15) is 0 Å². The highest BCUT2D eigenvalue weighted by Crippen LogP contribution is 2.16. The molecular formula is C57H107NO5. The summed E-state index contributed by atoms with van der Waals surface area (Å²) < 4.78 is 5.45. The van der Waals surface area contributed by atoms with E-state index < -0.39 is 12.1 Å². The average Bonchev–Trinajstić information content (AvgIpc) is 3.28. The standard InChI is InChI=1S/C57H107NO5/c1-3-5-7-9-11-13-15-17-19-23-27-31-35-39-43-47-51-57(62)63-52-48-44-40-36-32-28-24-20-22-26-30-34-38-42-46-50-56(61)58-54(53-59)55(60)49-45-41-37-33-29-25-21-18-16-14-12-10-8-6-4-2/h20,24,28,32,45,49,54-55,59-60H,3-19,21-23,25-27,29-31,33-44,46-48,50-53H2,1-2H3,(H,58,61)/b24-20-,32-28-,49-45+. The number of carbonyl (C=O) groups is 2. The number of amides is 1. The van der Waals surface area contributed by atoms with Crippen molar-refractivity contribution in [1.29, 1.82) is 0 Å². The van der Waals surface area contributed by atoms with Gasteiger partial charge in [-0.2, -0.15) is 0 Å². The number of aliphatic hydroxyl groups excluding tert-OH is 2. The van der Waals surface area contributed by atoms with E-state index >= 15 is 0 Å². The molecule has 2 atom stereocenters. The number of ether oxygens (including phenoxy) is 1. The van der Waals surface area contributed by atoms with E-state index in [4.69, 9.17) is 4.74 Å². The zero-order valence-electron chi connectivity index (χ0n) is 42.1. The monoisotopic (exact) mass is 886 g/mol. The number of rotatable bonds is 51. The Morgan fingerprint density at radius 1 is 0.444 bits per heavy atom. The molecule has 6 heteroatoms. The third-order valence-electron chi connectivity index (χ3n) is 12.7. The first-order chi connectivity index (χ1) is 31.0. The van der Waals surface area contributed by atoms with Crippen LogP contribution in [0.2, 0.25) is 0 Å². The Labute approximate surface area is 392 Å².